The number of para-hydroxylation sites is 1. The average Bonchev–Trinajstić information content (AvgIpc) is 2.44. The zero-order valence-corrected chi connectivity index (χ0v) is 8.89. The Morgan fingerprint density at radius 1 is 1.50 bits per heavy atom. The van der Waals surface area contributed by atoms with Crippen LogP contribution in [-0.2, 0) is 0 Å². The van der Waals surface area contributed by atoms with Crippen molar-refractivity contribution in [2.24, 2.45) is 0 Å². The lowest BCUT2D eigenvalue weighted by molar-refractivity contribution is 0.442. The van der Waals surface area contributed by atoms with Crippen LogP contribution in [0.3, 0.4) is 0 Å². The van der Waals surface area contributed by atoms with Crippen molar-refractivity contribution in [2.45, 2.75) is 38.6 Å². The Bertz CT molecular complexity index is 361. The molecule has 1 N–H and O–H groups in total. The molecule has 1 aromatic carbocycles. The number of fused-ring (bicyclic) bond motifs is 1. The first kappa shape index (κ1) is 9.50. The molecule has 0 spiro atoms. The van der Waals surface area contributed by atoms with Gasteiger partial charge in [-0.15, -0.1) is 0 Å². The van der Waals surface area contributed by atoms with Gasteiger partial charge in [-0.1, -0.05) is 26.0 Å². The van der Waals surface area contributed by atoms with E-state index in [0.29, 0.717) is 11.6 Å². The van der Waals surface area contributed by atoms with Crippen LogP contribution in [0.1, 0.15) is 38.7 Å². The lowest BCUT2D eigenvalue weighted by atomic mass is 9.84. The molecule has 0 radical (unpaired) electrons. The van der Waals surface area contributed by atoms with Gasteiger partial charge in [0.15, 0.2) is 0 Å². The second kappa shape index (κ2) is 2.97. The molecule has 1 aliphatic heterocycles. The minimum absolute atomic E-state index is 0.00449. The van der Waals surface area contributed by atoms with Gasteiger partial charge in [-0.3, -0.25) is 0 Å². The molecule has 0 aromatic heterocycles. The molecule has 0 fully saturated rings. The van der Waals surface area contributed by atoms with Gasteiger partial charge in [-0.2, -0.15) is 0 Å². The highest BCUT2D eigenvalue weighted by atomic mass is 19.1. The summed E-state index contributed by atoms with van der Waals surface area (Å²) in [6.45, 7) is 6.44. The van der Waals surface area contributed by atoms with Gasteiger partial charge in [0.25, 0.3) is 0 Å². The van der Waals surface area contributed by atoms with E-state index >= 15 is 0 Å². The van der Waals surface area contributed by atoms with Crippen LogP contribution in [0, 0.1) is 5.82 Å². The van der Waals surface area contributed by atoms with E-state index in [-0.39, 0.29) is 11.4 Å². The third-order valence-electron chi connectivity index (χ3n) is 3.61. The van der Waals surface area contributed by atoms with E-state index in [9.17, 15) is 4.39 Å². The molecule has 0 aliphatic carbocycles. The summed E-state index contributed by atoms with van der Waals surface area (Å²) in [7, 11) is 0. The van der Waals surface area contributed by atoms with Gasteiger partial charge in [-0.05, 0) is 25.0 Å². The molecule has 1 heterocycles. The predicted octanol–water partition coefficient (Wildman–Crippen LogP) is 3.52. The molecule has 0 saturated heterocycles. The summed E-state index contributed by atoms with van der Waals surface area (Å²) in [5.74, 6) is 0.240. The summed E-state index contributed by atoms with van der Waals surface area (Å²) in [6.07, 6.45) is 1.00. The van der Waals surface area contributed by atoms with Gasteiger partial charge >= 0.3 is 0 Å². The SMILES string of the molecule is CCC1(C)Nc2c(F)cccc2C1C. The van der Waals surface area contributed by atoms with Crippen LogP contribution < -0.4 is 5.32 Å². The molecule has 0 amide bonds. The molecule has 1 nitrogen and oxygen atoms in total. The molecule has 2 atom stereocenters. The molecule has 14 heavy (non-hydrogen) atoms. The number of benzene rings is 1. The standard InChI is InChI=1S/C12H16FN/c1-4-12(3)8(2)9-6-5-7-10(13)11(9)14-12/h5-8,14H,4H2,1-3H3. The van der Waals surface area contributed by atoms with Crippen molar-refractivity contribution in [1.82, 2.24) is 0 Å². The van der Waals surface area contributed by atoms with Crippen molar-refractivity contribution in [3.63, 3.8) is 0 Å². The van der Waals surface area contributed by atoms with Crippen molar-refractivity contribution < 1.29 is 4.39 Å². The summed E-state index contributed by atoms with van der Waals surface area (Å²) in [5.41, 5.74) is 1.81. The maximum Gasteiger partial charge on any atom is 0.146 e. The second-order valence-corrected chi connectivity index (χ2v) is 4.32. The maximum absolute atomic E-state index is 13.5. The first-order valence-corrected chi connectivity index (χ1v) is 5.15. The molecule has 0 bridgehead atoms. The molecule has 2 rings (SSSR count). The fourth-order valence-corrected chi connectivity index (χ4v) is 2.17. The number of rotatable bonds is 1. The lowest BCUT2D eigenvalue weighted by Gasteiger charge is -2.28. The minimum atomic E-state index is -0.133. The molecule has 2 heteroatoms. The average molecular weight is 193 g/mol. The smallest absolute Gasteiger partial charge is 0.146 e. The number of anilines is 1. The quantitative estimate of drug-likeness (QED) is 0.719. The van der Waals surface area contributed by atoms with Crippen LogP contribution in [0.5, 0.6) is 0 Å². The van der Waals surface area contributed by atoms with Gasteiger partial charge in [0.05, 0.1) is 5.69 Å². The number of hydrogen-bond donors (Lipinski definition) is 1. The van der Waals surface area contributed by atoms with E-state index in [4.69, 9.17) is 0 Å². The third kappa shape index (κ3) is 1.13. The Balaban J connectivity index is 2.50. The maximum atomic E-state index is 13.5. The van der Waals surface area contributed by atoms with Crippen molar-refractivity contribution in [3.8, 4) is 0 Å². The first-order chi connectivity index (χ1) is 6.58. The lowest BCUT2D eigenvalue weighted by Crippen LogP contribution is -2.33. The number of nitrogens with one attached hydrogen (secondary N) is 1. The van der Waals surface area contributed by atoms with Crippen molar-refractivity contribution >= 4 is 5.69 Å². The van der Waals surface area contributed by atoms with E-state index in [1.54, 1.807) is 6.07 Å². The van der Waals surface area contributed by atoms with Gasteiger partial charge in [0.2, 0.25) is 0 Å². The number of halogens is 1. The zero-order chi connectivity index (χ0) is 10.3. The summed E-state index contributed by atoms with van der Waals surface area (Å²) >= 11 is 0. The Morgan fingerprint density at radius 2 is 2.21 bits per heavy atom. The van der Waals surface area contributed by atoms with E-state index in [1.807, 2.05) is 6.07 Å². The topological polar surface area (TPSA) is 12.0 Å². The predicted molar refractivity (Wildman–Crippen MR) is 57.1 cm³/mol. The van der Waals surface area contributed by atoms with Gasteiger partial charge in [-0.25, -0.2) is 4.39 Å². The van der Waals surface area contributed by atoms with Crippen LogP contribution in [0.2, 0.25) is 0 Å². The molecule has 1 aromatic rings. The normalized spacial score (nSPS) is 29.9. The first-order valence-electron chi connectivity index (χ1n) is 5.15. The molecule has 2 unspecified atom stereocenters. The monoisotopic (exact) mass is 193 g/mol. The summed E-state index contributed by atoms with van der Waals surface area (Å²) in [6, 6.07) is 5.31. The van der Waals surface area contributed by atoms with Gasteiger partial charge in [0.1, 0.15) is 5.82 Å². The fourth-order valence-electron chi connectivity index (χ4n) is 2.17. The highest BCUT2D eigenvalue weighted by Crippen LogP contribution is 2.44. The van der Waals surface area contributed by atoms with Crippen molar-refractivity contribution in [1.29, 1.82) is 0 Å². The zero-order valence-electron chi connectivity index (χ0n) is 8.89. The van der Waals surface area contributed by atoms with Gasteiger partial charge in [0, 0.05) is 11.5 Å². The minimum Gasteiger partial charge on any atom is -0.377 e. The van der Waals surface area contributed by atoms with Crippen LogP contribution in [0.4, 0.5) is 10.1 Å². The number of hydrogen-bond acceptors (Lipinski definition) is 1. The Morgan fingerprint density at radius 3 is 2.79 bits per heavy atom. The van der Waals surface area contributed by atoms with Crippen LogP contribution in [0.25, 0.3) is 0 Å². The van der Waals surface area contributed by atoms with E-state index < -0.39 is 0 Å². The van der Waals surface area contributed by atoms with Crippen LogP contribution in [-0.4, -0.2) is 5.54 Å². The summed E-state index contributed by atoms with van der Waals surface area (Å²) in [4.78, 5) is 0. The van der Waals surface area contributed by atoms with Gasteiger partial charge < -0.3 is 5.32 Å². The molecular weight excluding hydrogens is 177 g/mol. The van der Waals surface area contributed by atoms with E-state index in [2.05, 4.69) is 26.1 Å². The Kier molecular flexibility index (Phi) is 2.02. The Hall–Kier alpha value is -1.05. The molecule has 0 saturated carbocycles. The van der Waals surface area contributed by atoms with Crippen LogP contribution >= 0.6 is 0 Å². The molecule has 1 aliphatic rings. The van der Waals surface area contributed by atoms with Crippen molar-refractivity contribution in [2.75, 3.05) is 5.32 Å². The fraction of sp³-hybridized carbons (Fsp3) is 0.500. The molecular formula is C12H16FN. The highest BCUT2D eigenvalue weighted by molar-refractivity contribution is 5.62. The summed E-state index contributed by atoms with van der Waals surface area (Å²) < 4.78 is 13.5. The molecule has 76 valence electrons. The third-order valence-corrected chi connectivity index (χ3v) is 3.61. The summed E-state index contributed by atoms with van der Waals surface area (Å²) in [5, 5.41) is 3.30. The Labute approximate surface area is 84.3 Å². The largest absolute Gasteiger partial charge is 0.377 e. The highest BCUT2D eigenvalue weighted by Gasteiger charge is 2.38. The van der Waals surface area contributed by atoms with Crippen LogP contribution in [0.15, 0.2) is 18.2 Å². The van der Waals surface area contributed by atoms with E-state index in [0.717, 1.165) is 12.0 Å². The van der Waals surface area contributed by atoms with E-state index in [1.165, 1.54) is 6.07 Å². The second-order valence-electron chi connectivity index (χ2n) is 4.32. The van der Waals surface area contributed by atoms with Crippen molar-refractivity contribution in [3.05, 3.63) is 29.6 Å².